The summed E-state index contributed by atoms with van der Waals surface area (Å²) in [5, 5.41) is 0. The Labute approximate surface area is 75.8 Å². The highest BCUT2D eigenvalue weighted by Gasteiger charge is 2.26. The van der Waals surface area contributed by atoms with Crippen LogP contribution >= 0.6 is 0 Å². The molecular formula is C10H10FNO. The fourth-order valence-electron chi connectivity index (χ4n) is 1.27. The van der Waals surface area contributed by atoms with Gasteiger partial charge in [0.2, 0.25) is 0 Å². The Morgan fingerprint density at radius 1 is 1.62 bits per heavy atom. The van der Waals surface area contributed by atoms with Crippen molar-refractivity contribution in [1.29, 1.82) is 0 Å². The van der Waals surface area contributed by atoms with Crippen LogP contribution in [0.15, 0.2) is 18.3 Å². The second-order valence-electron chi connectivity index (χ2n) is 3.40. The van der Waals surface area contributed by atoms with Crippen LogP contribution in [0.3, 0.4) is 0 Å². The number of hydrogen-bond donors (Lipinski definition) is 0. The summed E-state index contributed by atoms with van der Waals surface area (Å²) in [5.41, 5.74) is -0.00519. The molecule has 0 bridgehead atoms. The van der Waals surface area contributed by atoms with E-state index in [-0.39, 0.29) is 11.5 Å². The quantitative estimate of drug-likeness (QED) is 0.666. The smallest absolute Gasteiger partial charge is 0.184 e. The number of ketones is 1. The molecule has 3 heteroatoms. The average Bonchev–Trinajstić information content (AvgIpc) is 2.89. The van der Waals surface area contributed by atoms with Gasteiger partial charge in [-0.05, 0) is 30.9 Å². The zero-order valence-electron chi connectivity index (χ0n) is 7.16. The molecular weight excluding hydrogens is 169 g/mol. The summed E-state index contributed by atoms with van der Waals surface area (Å²) in [7, 11) is 0. The first-order valence-electron chi connectivity index (χ1n) is 4.41. The van der Waals surface area contributed by atoms with E-state index < -0.39 is 5.82 Å². The summed E-state index contributed by atoms with van der Waals surface area (Å²) in [6.07, 6.45) is 4.09. The Morgan fingerprint density at radius 2 is 2.38 bits per heavy atom. The van der Waals surface area contributed by atoms with Gasteiger partial charge in [0.25, 0.3) is 0 Å². The van der Waals surface area contributed by atoms with Crippen LogP contribution < -0.4 is 0 Å². The minimum absolute atomic E-state index is 0.00519. The summed E-state index contributed by atoms with van der Waals surface area (Å²) in [6, 6.07) is 2.76. The Hall–Kier alpha value is -1.25. The van der Waals surface area contributed by atoms with Gasteiger partial charge in [0.15, 0.2) is 11.6 Å². The molecule has 1 aromatic heterocycles. The van der Waals surface area contributed by atoms with Crippen molar-refractivity contribution in [2.45, 2.75) is 19.3 Å². The van der Waals surface area contributed by atoms with Gasteiger partial charge < -0.3 is 0 Å². The Balaban J connectivity index is 2.13. The number of nitrogens with zero attached hydrogens (tertiary/aromatic N) is 1. The predicted octanol–water partition coefficient (Wildman–Crippen LogP) is 2.20. The first-order valence-corrected chi connectivity index (χ1v) is 4.41. The van der Waals surface area contributed by atoms with E-state index in [1.807, 2.05) is 0 Å². The molecule has 1 heterocycles. The molecule has 13 heavy (non-hydrogen) atoms. The summed E-state index contributed by atoms with van der Waals surface area (Å²) < 4.78 is 13.0. The van der Waals surface area contributed by atoms with Gasteiger partial charge in [0.05, 0.1) is 0 Å². The van der Waals surface area contributed by atoms with Crippen molar-refractivity contribution in [1.82, 2.24) is 4.98 Å². The molecule has 0 aromatic carbocycles. The molecule has 1 aromatic rings. The molecule has 1 saturated carbocycles. The van der Waals surface area contributed by atoms with Crippen LogP contribution in [0.2, 0.25) is 0 Å². The van der Waals surface area contributed by atoms with Crippen molar-refractivity contribution in [3.05, 3.63) is 29.8 Å². The maximum Gasteiger partial charge on any atom is 0.184 e. The number of Topliss-reactive ketones (excluding diaryl/α,β-unsaturated/α-hetero) is 1. The van der Waals surface area contributed by atoms with Crippen LogP contribution in [-0.4, -0.2) is 10.8 Å². The Morgan fingerprint density at radius 3 is 3.00 bits per heavy atom. The van der Waals surface area contributed by atoms with Crippen molar-refractivity contribution in [2.24, 2.45) is 5.92 Å². The Bertz CT molecular complexity index is 333. The van der Waals surface area contributed by atoms with Crippen molar-refractivity contribution in [3.8, 4) is 0 Å². The number of carbonyl (C=O) groups is 1. The third kappa shape index (κ3) is 1.91. The number of halogens is 1. The lowest BCUT2D eigenvalue weighted by Gasteiger charge is -1.98. The van der Waals surface area contributed by atoms with Crippen LogP contribution in [0.5, 0.6) is 0 Å². The maximum absolute atomic E-state index is 13.0. The van der Waals surface area contributed by atoms with E-state index in [9.17, 15) is 9.18 Å². The monoisotopic (exact) mass is 179 g/mol. The lowest BCUT2D eigenvalue weighted by Crippen LogP contribution is -2.05. The number of pyridine rings is 1. The molecule has 68 valence electrons. The van der Waals surface area contributed by atoms with Gasteiger partial charge in [-0.25, -0.2) is 4.39 Å². The van der Waals surface area contributed by atoms with Crippen LogP contribution in [-0.2, 0) is 0 Å². The average molecular weight is 179 g/mol. The van der Waals surface area contributed by atoms with E-state index in [1.165, 1.54) is 18.3 Å². The van der Waals surface area contributed by atoms with E-state index in [4.69, 9.17) is 0 Å². The molecule has 0 radical (unpaired) electrons. The van der Waals surface area contributed by atoms with Gasteiger partial charge >= 0.3 is 0 Å². The summed E-state index contributed by atoms with van der Waals surface area (Å²) in [4.78, 5) is 15.1. The number of aromatic nitrogens is 1. The zero-order chi connectivity index (χ0) is 9.26. The van der Waals surface area contributed by atoms with Crippen molar-refractivity contribution in [3.63, 3.8) is 0 Å². The first-order chi connectivity index (χ1) is 6.27. The van der Waals surface area contributed by atoms with Gasteiger partial charge in [-0.1, -0.05) is 0 Å². The lowest BCUT2D eigenvalue weighted by molar-refractivity contribution is 0.0967. The van der Waals surface area contributed by atoms with Crippen LogP contribution in [0.4, 0.5) is 4.39 Å². The standard InChI is InChI=1S/C10H10FNO/c11-8-2-1-5-12-10(8)9(13)6-7-3-4-7/h1-2,5,7H,3-4,6H2. The topological polar surface area (TPSA) is 30.0 Å². The molecule has 0 aliphatic heterocycles. The minimum Gasteiger partial charge on any atom is -0.292 e. The van der Waals surface area contributed by atoms with Gasteiger partial charge in [-0.15, -0.1) is 0 Å². The molecule has 1 aliphatic rings. The summed E-state index contributed by atoms with van der Waals surface area (Å²) in [5.74, 6) is -0.192. The summed E-state index contributed by atoms with van der Waals surface area (Å²) >= 11 is 0. The predicted molar refractivity (Wildman–Crippen MR) is 45.9 cm³/mol. The normalized spacial score (nSPS) is 15.8. The molecule has 2 rings (SSSR count). The molecule has 0 amide bonds. The van der Waals surface area contributed by atoms with Crippen LogP contribution in [0, 0.1) is 11.7 Å². The SMILES string of the molecule is O=C(CC1CC1)c1ncccc1F. The largest absolute Gasteiger partial charge is 0.292 e. The number of hydrogen-bond acceptors (Lipinski definition) is 2. The summed E-state index contributed by atoms with van der Waals surface area (Å²) in [6.45, 7) is 0. The molecule has 0 N–H and O–H groups in total. The molecule has 0 atom stereocenters. The zero-order valence-corrected chi connectivity index (χ0v) is 7.16. The maximum atomic E-state index is 13.0. The van der Waals surface area contributed by atoms with Crippen LogP contribution in [0.25, 0.3) is 0 Å². The van der Waals surface area contributed by atoms with Crippen molar-refractivity contribution in [2.75, 3.05) is 0 Å². The minimum atomic E-state index is -0.506. The molecule has 2 nitrogen and oxygen atoms in total. The highest BCUT2D eigenvalue weighted by molar-refractivity contribution is 5.94. The van der Waals surface area contributed by atoms with E-state index in [0.29, 0.717) is 12.3 Å². The second-order valence-corrected chi connectivity index (χ2v) is 3.40. The fourth-order valence-corrected chi connectivity index (χ4v) is 1.27. The second kappa shape index (κ2) is 3.24. The molecule has 1 aliphatic carbocycles. The fraction of sp³-hybridized carbons (Fsp3) is 0.400. The van der Waals surface area contributed by atoms with Gasteiger partial charge in [0, 0.05) is 12.6 Å². The van der Waals surface area contributed by atoms with Gasteiger partial charge in [-0.2, -0.15) is 0 Å². The highest BCUT2D eigenvalue weighted by atomic mass is 19.1. The lowest BCUT2D eigenvalue weighted by atomic mass is 10.1. The molecule has 0 spiro atoms. The third-order valence-electron chi connectivity index (χ3n) is 2.19. The number of carbonyl (C=O) groups excluding carboxylic acids is 1. The van der Waals surface area contributed by atoms with E-state index in [2.05, 4.69) is 4.98 Å². The van der Waals surface area contributed by atoms with E-state index >= 15 is 0 Å². The molecule has 1 fully saturated rings. The molecule has 0 unspecified atom stereocenters. The molecule has 0 saturated heterocycles. The third-order valence-corrected chi connectivity index (χ3v) is 2.19. The van der Waals surface area contributed by atoms with Crippen molar-refractivity contribution >= 4 is 5.78 Å². The van der Waals surface area contributed by atoms with Crippen molar-refractivity contribution < 1.29 is 9.18 Å². The van der Waals surface area contributed by atoms with E-state index in [0.717, 1.165) is 12.8 Å². The number of rotatable bonds is 3. The van der Waals surface area contributed by atoms with Gasteiger partial charge in [-0.3, -0.25) is 9.78 Å². The Kier molecular flexibility index (Phi) is 2.08. The van der Waals surface area contributed by atoms with E-state index in [1.54, 1.807) is 0 Å². The highest BCUT2D eigenvalue weighted by Crippen LogP contribution is 2.33. The first kappa shape index (κ1) is 8.35. The van der Waals surface area contributed by atoms with Gasteiger partial charge in [0.1, 0.15) is 5.69 Å². The van der Waals surface area contributed by atoms with Crippen LogP contribution in [0.1, 0.15) is 29.8 Å².